The maximum absolute atomic E-state index is 10.8. The number of hydrogen-bond donors (Lipinski definition) is 1. The zero-order valence-corrected chi connectivity index (χ0v) is 18.3. The molecule has 0 fully saturated rings. The predicted molar refractivity (Wildman–Crippen MR) is 126 cm³/mol. The molecule has 0 radical (unpaired) electrons. The van der Waals surface area contributed by atoms with E-state index in [2.05, 4.69) is 15.6 Å². The summed E-state index contributed by atoms with van der Waals surface area (Å²) in [6.45, 7) is 0.487. The van der Waals surface area contributed by atoms with Gasteiger partial charge in [0.2, 0.25) is 0 Å². The van der Waals surface area contributed by atoms with Crippen LogP contribution in [0.25, 0.3) is 32.0 Å². The topological polar surface area (TPSA) is 38.1 Å². The van der Waals surface area contributed by atoms with Gasteiger partial charge in [0.05, 0.1) is 22.9 Å². The second-order valence-electron chi connectivity index (χ2n) is 6.85. The molecule has 0 spiro atoms. The lowest BCUT2D eigenvalue weighted by atomic mass is 10.1. The molecular weight excluding hydrogens is 443 g/mol. The summed E-state index contributed by atoms with van der Waals surface area (Å²) in [6.07, 6.45) is -0.517. The number of thiazole rings is 1. The van der Waals surface area contributed by atoms with E-state index < -0.39 is 6.10 Å². The minimum absolute atomic E-state index is 0.487. The smallest absolute Gasteiger partial charge is 0.151 e. The number of fused-ring (bicyclic) bond motifs is 4. The largest absolute Gasteiger partial charge is 0.390 e. The zero-order valence-electron chi connectivity index (χ0n) is 15.2. The van der Waals surface area contributed by atoms with Gasteiger partial charge in [-0.2, -0.15) is 0 Å². The van der Waals surface area contributed by atoms with Gasteiger partial charge in [0, 0.05) is 37.6 Å². The Hall–Kier alpha value is -1.76. The Balaban J connectivity index is 1.42. The third kappa shape index (κ3) is 3.74. The van der Waals surface area contributed by atoms with Crippen LogP contribution in [0.5, 0.6) is 0 Å². The number of hydrogen-bond acceptors (Lipinski definition) is 4. The van der Waals surface area contributed by atoms with Crippen LogP contribution in [0.4, 0.5) is 0 Å². The van der Waals surface area contributed by atoms with E-state index in [0.717, 1.165) is 31.7 Å². The fourth-order valence-electron chi connectivity index (χ4n) is 3.59. The zero-order chi connectivity index (χ0) is 20.0. The van der Waals surface area contributed by atoms with Crippen LogP contribution in [0, 0.1) is 0 Å². The number of benzene rings is 3. The van der Waals surface area contributed by atoms with Gasteiger partial charge < -0.3 is 9.67 Å². The van der Waals surface area contributed by atoms with Crippen LogP contribution in [0.1, 0.15) is 0 Å². The van der Waals surface area contributed by atoms with Crippen LogP contribution in [0.15, 0.2) is 65.0 Å². The Bertz CT molecular complexity index is 1250. The number of halogens is 2. The van der Waals surface area contributed by atoms with Gasteiger partial charge in [-0.05, 0) is 48.5 Å². The fourth-order valence-corrected chi connectivity index (χ4v) is 5.94. The molecule has 2 aromatic heterocycles. The summed E-state index contributed by atoms with van der Waals surface area (Å²) in [5, 5.41) is 14.2. The first-order chi connectivity index (χ1) is 14.1. The monoisotopic (exact) mass is 458 g/mol. The molecule has 146 valence electrons. The summed E-state index contributed by atoms with van der Waals surface area (Å²) in [5.74, 6) is 0.572. The summed E-state index contributed by atoms with van der Waals surface area (Å²) >= 11 is 15.7. The quantitative estimate of drug-likeness (QED) is 0.292. The highest BCUT2D eigenvalue weighted by Gasteiger charge is 2.16. The van der Waals surface area contributed by atoms with Crippen LogP contribution in [-0.2, 0) is 6.54 Å². The van der Waals surface area contributed by atoms with Crippen molar-refractivity contribution in [3.63, 3.8) is 0 Å². The number of nitrogens with zero attached hydrogens (tertiary/aromatic N) is 2. The van der Waals surface area contributed by atoms with Gasteiger partial charge in [-0.15, -0.1) is 11.3 Å². The summed E-state index contributed by atoms with van der Waals surface area (Å²) < 4.78 is 4.28. The van der Waals surface area contributed by atoms with Crippen LogP contribution in [0.3, 0.4) is 0 Å². The Morgan fingerprint density at radius 1 is 0.966 bits per heavy atom. The van der Waals surface area contributed by atoms with Crippen LogP contribution in [-0.4, -0.2) is 26.5 Å². The average molecular weight is 459 g/mol. The molecule has 0 saturated heterocycles. The molecule has 2 heterocycles. The number of rotatable bonds is 5. The highest BCUT2D eigenvalue weighted by atomic mass is 35.5. The van der Waals surface area contributed by atoms with Crippen LogP contribution < -0.4 is 0 Å². The molecule has 0 amide bonds. The molecule has 1 unspecified atom stereocenters. The second kappa shape index (κ2) is 7.82. The molecular formula is C22H16Cl2N2OS2. The van der Waals surface area contributed by atoms with Gasteiger partial charge in [-0.25, -0.2) is 4.98 Å². The summed E-state index contributed by atoms with van der Waals surface area (Å²) in [4.78, 5) is 4.64. The average Bonchev–Trinajstić information content (AvgIpc) is 3.25. The molecule has 0 aliphatic rings. The van der Waals surface area contributed by atoms with Crippen LogP contribution >= 0.6 is 46.3 Å². The van der Waals surface area contributed by atoms with Gasteiger partial charge in [-0.3, -0.25) is 0 Å². The van der Waals surface area contributed by atoms with Crippen molar-refractivity contribution in [1.82, 2.24) is 9.55 Å². The predicted octanol–water partition coefficient (Wildman–Crippen LogP) is 6.86. The van der Waals surface area contributed by atoms with Gasteiger partial charge in [0.25, 0.3) is 0 Å². The van der Waals surface area contributed by atoms with Crippen molar-refractivity contribution < 1.29 is 5.11 Å². The Morgan fingerprint density at radius 3 is 2.28 bits per heavy atom. The molecule has 5 rings (SSSR count). The first kappa shape index (κ1) is 19.2. The van der Waals surface area contributed by atoms with E-state index in [0.29, 0.717) is 22.3 Å². The molecule has 0 bridgehead atoms. The number of para-hydroxylation sites is 1. The molecule has 7 heteroatoms. The van der Waals surface area contributed by atoms with E-state index in [-0.39, 0.29) is 0 Å². The van der Waals surface area contributed by atoms with Gasteiger partial charge >= 0.3 is 0 Å². The van der Waals surface area contributed by atoms with Gasteiger partial charge in [-0.1, -0.05) is 47.1 Å². The molecule has 0 aliphatic heterocycles. The normalized spacial score (nSPS) is 12.9. The van der Waals surface area contributed by atoms with E-state index in [4.69, 9.17) is 23.2 Å². The second-order valence-corrected chi connectivity index (χ2v) is 10.0. The lowest BCUT2D eigenvalue weighted by Gasteiger charge is -2.13. The van der Waals surface area contributed by atoms with Crippen molar-refractivity contribution in [3.05, 3.63) is 70.7 Å². The number of aliphatic hydroxyl groups is 1. The standard InChI is InChI=1S/C22H16Cl2N2OS2/c23-13-5-7-19-16(9-13)17-10-14(24)6-8-20(17)26(19)11-15(27)12-28-22-25-18-3-1-2-4-21(18)29-22/h1-10,15,27H,11-12H2. The molecule has 0 aliphatic carbocycles. The maximum Gasteiger partial charge on any atom is 0.151 e. The maximum atomic E-state index is 10.8. The van der Waals surface area contributed by atoms with Crippen molar-refractivity contribution in [2.45, 2.75) is 17.0 Å². The SMILES string of the molecule is OC(CSc1nc2ccccc2s1)Cn1c2ccc(Cl)cc2c2cc(Cl)ccc21. The van der Waals surface area contributed by atoms with Crippen molar-refractivity contribution in [2.75, 3.05) is 5.75 Å². The van der Waals surface area contributed by atoms with Crippen molar-refractivity contribution in [3.8, 4) is 0 Å². The number of thioether (sulfide) groups is 1. The number of aliphatic hydroxyl groups excluding tert-OH is 1. The minimum Gasteiger partial charge on any atom is -0.390 e. The van der Waals surface area contributed by atoms with E-state index in [9.17, 15) is 5.11 Å². The molecule has 1 N–H and O–H groups in total. The number of aromatic nitrogens is 2. The molecule has 1 atom stereocenters. The van der Waals surface area contributed by atoms with Crippen LogP contribution in [0.2, 0.25) is 10.0 Å². The van der Waals surface area contributed by atoms with E-state index in [1.807, 2.05) is 54.6 Å². The summed E-state index contributed by atoms with van der Waals surface area (Å²) in [5.41, 5.74) is 3.08. The Kier molecular flexibility index (Phi) is 5.18. The Labute approximate surface area is 185 Å². The molecule has 0 saturated carbocycles. The third-order valence-corrected chi connectivity index (χ3v) is 7.65. The van der Waals surface area contributed by atoms with Gasteiger partial charge in [0.15, 0.2) is 4.34 Å². The first-order valence-electron chi connectivity index (χ1n) is 9.12. The summed E-state index contributed by atoms with van der Waals surface area (Å²) in [7, 11) is 0. The molecule has 5 aromatic rings. The summed E-state index contributed by atoms with van der Waals surface area (Å²) in [6, 6.07) is 19.8. The first-order valence-corrected chi connectivity index (χ1v) is 11.7. The highest BCUT2D eigenvalue weighted by molar-refractivity contribution is 8.01. The van der Waals surface area contributed by atoms with E-state index in [1.165, 1.54) is 4.70 Å². The third-order valence-electron chi connectivity index (χ3n) is 4.86. The molecule has 29 heavy (non-hydrogen) atoms. The van der Waals surface area contributed by atoms with Crippen molar-refractivity contribution in [2.24, 2.45) is 0 Å². The molecule has 3 aromatic carbocycles. The fraction of sp³-hybridized carbons (Fsp3) is 0.136. The minimum atomic E-state index is -0.517. The van der Waals surface area contributed by atoms with E-state index >= 15 is 0 Å². The van der Waals surface area contributed by atoms with Crippen molar-refractivity contribution >= 4 is 78.3 Å². The van der Waals surface area contributed by atoms with Crippen molar-refractivity contribution in [1.29, 1.82) is 0 Å². The van der Waals surface area contributed by atoms with E-state index in [1.54, 1.807) is 23.1 Å². The lowest BCUT2D eigenvalue weighted by molar-refractivity contribution is 0.181. The Morgan fingerprint density at radius 2 is 1.62 bits per heavy atom. The van der Waals surface area contributed by atoms with Gasteiger partial charge in [0.1, 0.15) is 0 Å². The lowest BCUT2D eigenvalue weighted by Crippen LogP contribution is -2.18. The highest BCUT2D eigenvalue weighted by Crippen LogP contribution is 2.34. The molecule has 3 nitrogen and oxygen atoms in total.